The molecule has 6 nitrogen and oxygen atoms in total. The van der Waals surface area contributed by atoms with Gasteiger partial charge in [-0.15, -0.1) is 0 Å². The molecule has 0 fully saturated rings. The summed E-state index contributed by atoms with van der Waals surface area (Å²) >= 11 is 0. The van der Waals surface area contributed by atoms with Gasteiger partial charge in [-0.1, -0.05) is 12.1 Å². The Hall–Kier alpha value is -3.41. The van der Waals surface area contributed by atoms with Crippen LogP contribution in [-0.2, 0) is 0 Å². The second-order valence-electron chi connectivity index (χ2n) is 4.51. The molecule has 1 N–H and O–H groups in total. The number of aromatic nitrogens is 3. The Bertz CT molecular complexity index is 785. The first kappa shape index (κ1) is 14.5. The van der Waals surface area contributed by atoms with E-state index in [-0.39, 0.29) is 0 Å². The minimum absolute atomic E-state index is 0.523. The molecular formula is C17H14N6. The fourth-order valence-electron chi connectivity index (χ4n) is 1.79. The van der Waals surface area contributed by atoms with E-state index >= 15 is 0 Å². The van der Waals surface area contributed by atoms with Crippen LogP contribution in [0.5, 0.6) is 0 Å². The van der Waals surface area contributed by atoms with Crippen LogP contribution in [0.4, 0.5) is 5.82 Å². The number of nitrogens with one attached hydrogen (secondary N) is 1. The third-order valence-corrected chi connectivity index (χ3v) is 2.87. The third kappa shape index (κ3) is 4.28. The summed E-state index contributed by atoms with van der Waals surface area (Å²) in [6.07, 6.45) is 8.51. The Morgan fingerprint density at radius 3 is 2.35 bits per heavy atom. The summed E-state index contributed by atoms with van der Waals surface area (Å²) in [5, 5.41) is 4.21. The summed E-state index contributed by atoms with van der Waals surface area (Å²) in [5.74, 6) is 1.11. The SMILES string of the molecule is C(=NNC(=Nc1ccccn1)c1ccccn1)c1ccncc1. The Balaban J connectivity index is 1.84. The summed E-state index contributed by atoms with van der Waals surface area (Å²) < 4.78 is 0. The van der Waals surface area contributed by atoms with Gasteiger partial charge in [0.25, 0.3) is 0 Å². The molecule has 3 heterocycles. The van der Waals surface area contributed by atoms with E-state index < -0.39 is 0 Å². The van der Waals surface area contributed by atoms with E-state index in [1.54, 1.807) is 31.0 Å². The van der Waals surface area contributed by atoms with Crippen LogP contribution in [0.2, 0.25) is 0 Å². The normalized spacial score (nSPS) is 11.6. The van der Waals surface area contributed by atoms with Crippen molar-refractivity contribution in [3.8, 4) is 0 Å². The average Bonchev–Trinajstić information content (AvgIpc) is 2.63. The fraction of sp³-hybridized carbons (Fsp3) is 0. The van der Waals surface area contributed by atoms with E-state index in [1.165, 1.54) is 0 Å². The van der Waals surface area contributed by atoms with Crippen molar-refractivity contribution in [2.75, 3.05) is 0 Å². The molecule has 0 atom stereocenters. The molecule has 0 spiro atoms. The number of rotatable bonds is 4. The molecule has 0 saturated heterocycles. The largest absolute Gasteiger partial charge is 0.265 e. The molecule has 0 saturated carbocycles. The number of aliphatic imine (C=N–C) groups is 1. The van der Waals surface area contributed by atoms with Crippen LogP contribution in [0.15, 0.2) is 83.4 Å². The Kier molecular flexibility index (Phi) is 4.77. The third-order valence-electron chi connectivity index (χ3n) is 2.87. The lowest BCUT2D eigenvalue weighted by atomic mass is 10.3. The minimum atomic E-state index is 0.523. The van der Waals surface area contributed by atoms with E-state index in [2.05, 4.69) is 30.5 Å². The van der Waals surface area contributed by atoms with Crippen LogP contribution >= 0.6 is 0 Å². The summed E-state index contributed by atoms with van der Waals surface area (Å²) in [7, 11) is 0. The highest BCUT2D eigenvalue weighted by Gasteiger charge is 2.04. The van der Waals surface area contributed by atoms with Crippen molar-refractivity contribution < 1.29 is 0 Å². The summed E-state index contributed by atoms with van der Waals surface area (Å²) in [5.41, 5.74) is 4.55. The van der Waals surface area contributed by atoms with Crippen molar-refractivity contribution in [2.45, 2.75) is 0 Å². The molecule has 0 bridgehead atoms. The molecule has 0 aromatic carbocycles. The van der Waals surface area contributed by atoms with Gasteiger partial charge >= 0.3 is 0 Å². The summed E-state index contributed by atoms with van der Waals surface area (Å²) in [6, 6.07) is 14.9. The molecule has 0 unspecified atom stereocenters. The molecule has 0 aliphatic heterocycles. The van der Waals surface area contributed by atoms with Gasteiger partial charge in [0.1, 0.15) is 5.69 Å². The highest BCUT2D eigenvalue weighted by molar-refractivity contribution is 5.98. The predicted octanol–water partition coefficient (Wildman–Crippen LogP) is 2.57. The lowest BCUT2D eigenvalue weighted by molar-refractivity contribution is 1.01. The van der Waals surface area contributed by atoms with Crippen LogP contribution in [0.25, 0.3) is 0 Å². The van der Waals surface area contributed by atoms with Crippen molar-refractivity contribution in [1.29, 1.82) is 0 Å². The minimum Gasteiger partial charge on any atom is -0.265 e. The van der Waals surface area contributed by atoms with Gasteiger partial charge in [0.2, 0.25) is 0 Å². The maximum Gasteiger partial charge on any atom is 0.174 e. The second-order valence-corrected chi connectivity index (χ2v) is 4.51. The Morgan fingerprint density at radius 1 is 0.870 bits per heavy atom. The number of nitrogens with zero attached hydrogens (tertiary/aromatic N) is 5. The monoisotopic (exact) mass is 302 g/mol. The highest BCUT2D eigenvalue weighted by atomic mass is 15.3. The standard InChI is InChI=1S/C17H14N6/c1-3-9-19-15(5-1)17(22-16-6-2-4-10-20-16)23-21-13-14-7-11-18-12-8-14/h1-13H,(H,20,22,23). The molecule has 112 valence electrons. The van der Waals surface area contributed by atoms with Gasteiger partial charge in [-0.2, -0.15) is 5.10 Å². The van der Waals surface area contributed by atoms with Crippen LogP contribution in [0.1, 0.15) is 11.3 Å². The number of amidine groups is 1. The second kappa shape index (κ2) is 7.56. The molecular weight excluding hydrogens is 288 g/mol. The van der Waals surface area contributed by atoms with Crippen molar-refractivity contribution in [3.05, 3.63) is 84.6 Å². The molecule has 0 radical (unpaired) electrons. The molecule has 23 heavy (non-hydrogen) atoms. The molecule has 3 aromatic heterocycles. The first-order valence-corrected chi connectivity index (χ1v) is 7.02. The molecule has 3 aromatic rings. The molecule has 0 amide bonds. The van der Waals surface area contributed by atoms with Crippen molar-refractivity contribution >= 4 is 17.9 Å². The average molecular weight is 302 g/mol. The van der Waals surface area contributed by atoms with Crippen LogP contribution < -0.4 is 5.43 Å². The van der Waals surface area contributed by atoms with Gasteiger partial charge in [0.15, 0.2) is 11.7 Å². The zero-order valence-electron chi connectivity index (χ0n) is 12.2. The number of hydrogen-bond donors (Lipinski definition) is 1. The van der Waals surface area contributed by atoms with Crippen molar-refractivity contribution in [3.63, 3.8) is 0 Å². The number of hydrazone groups is 1. The number of hydrogen-bond acceptors (Lipinski definition) is 5. The van der Waals surface area contributed by atoms with E-state index in [1.807, 2.05) is 48.5 Å². The van der Waals surface area contributed by atoms with Gasteiger partial charge < -0.3 is 0 Å². The first-order chi connectivity index (χ1) is 11.4. The van der Waals surface area contributed by atoms with E-state index in [0.717, 1.165) is 5.56 Å². The highest BCUT2D eigenvalue weighted by Crippen LogP contribution is 2.07. The molecule has 3 rings (SSSR count). The number of pyridine rings is 3. The molecule has 6 heteroatoms. The maximum atomic E-state index is 4.47. The van der Waals surface area contributed by atoms with Crippen LogP contribution in [-0.4, -0.2) is 27.0 Å². The smallest absolute Gasteiger partial charge is 0.174 e. The molecule has 0 aliphatic carbocycles. The molecule has 0 aliphatic rings. The quantitative estimate of drug-likeness (QED) is 0.456. The van der Waals surface area contributed by atoms with Crippen molar-refractivity contribution in [2.24, 2.45) is 10.1 Å². The summed E-state index contributed by atoms with van der Waals surface area (Å²) in [6.45, 7) is 0. The maximum absolute atomic E-state index is 4.47. The topological polar surface area (TPSA) is 75.4 Å². The van der Waals surface area contributed by atoms with E-state index in [0.29, 0.717) is 17.3 Å². The Labute approximate surface area is 133 Å². The lowest BCUT2D eigenvalue weighted by Crippen LogP contribution is -2.20. The van der Waals surface area contributed by atoms with Crippen LogP contribution in [0, 0.1) is 0 Å². The van der Waals surface area contributed by atoms with Crippen LogP contribution in [0.3, 0.4) is 0 Å². The first-order valence-electron chi connectivity index (χ1n) is 7.02. The van der Waals surface area contributed by atoms with Gasteiger partial charge in [-0.05, 0) is 42.0 Å². The lowest BCUT2D eigenvalue weighted by Gasteiger charge is -2.04. The van der Waals surface area contributed by atoms with Gasteiger partial charge in [-0.25, -0.2) is 9.98 Å². The van der Waals surface area contributed by atoms with E-state index in [9.17, 15) is 0 Å². The van der Waals surface area contributed by atoms with E-state index in [4.69, 9.17) is 0 Å². The van der Waals surface area contributed by atoms with Gasteiger partial charge in [0.05, 0.1) is 6.21 Å². The zero-order chi connectivity index (χ0) is 15.7. The van der Waals surface area contributed by atoms with Gasteiger partial charge in [-0.3, -0.25) is 15.4 Å². The van der Waals surface area contributed by atoms with Crippen molar-refractivity contribution in [1.82, 2.24) is 20.4 Å². The predicted molar refractivity (Wildman–Crippen MR) is 89.6 cm³/mol. The van der Waals surface area contributed by atoms with Gasteiger partial charge in [0, 0.05) is 24.8 Å². The fourth-order valence-corrected chi connectivity index (χ4v) is 1.79. The Morgan fingerprint density at radius 2 is 1.65 bits per heavy atom. The zero-order valence-corrected chi connectivity index (χ0v) is 12.2. The summed E-state index contributed by atoms with van der Waals surface area (Å²) in [4.78, 5) is 16.9.